The molecular formula is C12H12BrNO2. The van der Waals surface area contributed by atoms with Crippen molar-refractivity contribution in [2.24, 2.45) is 0 Å². The maximum atomic E-state index is 11.6. The Morgan fingerprint density at radius 3 is 2.88 bits per heavy atom. The van der Waals surface area contributed by atoms with E-state index >= 15 is 0 Å². The van der Waals surface area contributed by atoms with E-state index in [1.165, 1.54) is 0 Å². The number of rotatable bonds is 2. The van der Waals surface area contributed by atoms with Gasteiger partial charge in [0.05, 0.1) is 6.54 Å². The summed E-state index contributed by atoms with van der Waals surface area (Å²) in [6, 6.07) is 8.38. The summed E-state index contributed by atoms with van der Waals surface area (Å²) in [5, 5.41) is 0. The first kappa shape index (κ1) is 10.1. The molecule has 1 saturated carbocycles. The lowest BCUT2D eigenvalue weighted by molar-refractivity contribution is 0.132. The minimum atomic E-state index is -0.160. The van der Waals surface area contributed by atoms with Gasteiger partial charge in [0.2, 0.25) is 0 Å². The van der Waals surface area contributed by atoms with Gasteiger partial charge in [0.1, 0.15) is 6.10 Å². The lowest BCUT2D eigenvalue weighted by Gasteiger charge is -2.10. The van der Waals surface area contributed by atoms with Crippen LogP contribution < -0.4 is 0 Å². The van der Waals surface area contributed by atoms with Crippen LogP contribution in [0.5, 0.6) is 0 Å². The van der Waals surface area contributed by atoms with Crippen LogP contribution in [0.2, 0.25) is 0 Å². The average molecular weight is 282 g/mol. The standard InChI is InChI=1S/C12H12BrNO2/c13-9-3-1-2-8(6-9)11-7-14(10-4-5-10)12(15)16-11/h1-3,6,10-11H,4-5,7H2. The van der Waals surface area contributed by atoms with Gasteiger partial charge in [-0.3, -0.25) is 0 Å². The van der Waals surface area contributed by atoms with Gasteiger partial charge in [-0.2, -0.15) is 0 Å². The van der Waals surface area contributed by atoms with Gasteiger partial charge in [0, 0.05) is 10.5 Å². The molecule has 1 aliphatic carbocycles. The van der Waals surface area contributed by atoms with E-state index in [0.29, 0.717) is 12.6 Å². The molecule has 0 bridgehead atoms. The average Bonchev–Trinajstić information content (AvgIpc) is 3.02. The summed E-state index contributed by atoms with van der Waals surface area (Å²) in [5.41, 5.74) is 1.06. The van der Waals surface area contributed by atoms with E-state index in [0.717, 1.165) is 22.9 Å². The van der Waals surface area contributed by atoms with Crippen LogP contribution in [0, 0.1) is 0 Å². The van der Waals surface area contributed by atoms with Crippen LogP contribution in [-0.2, 0) is 4.74 Å². The van der Waals surface area contributed by atoms with Crippen molar-refractivity contribution in [3.63, 3.8) is 0 Å². The Hall–Kier alpha value is -1.03. The van der Waals surface area contributed by atoms with Gasteiger partial charge < -0.3 is 9.64 Å². The Morgan fingerprint density at radius 1 is 1.38 bits per heavy atom. The Balaban J connectivity index is 1.79. The van der Waals surface area contributed by atoms with Crippen LogP contribution in [0.25, 0.3) is 0 Å². The first-order chi connectivity index (χ1) is 7.74. The summed E-state index contributed by atoms with van der Waals surface area (Å²) < 4.78 is 6.40. The second kappa shape index (κ2) is 3.77. The van der Waals surface area contributed by atoms with Crippen LogP contribution in [0.1, 0.15) is 24.5 Å². The van der Waals surface area contributed by atoms with Gasteiger partial charge >= 0.3 is 6.09 Å². The normalized spacial score (nSPS) is 24.7. The molecule has 1 saturated heterocycles. The van der Waals surface area contributed by atoms with E-state index in [1.54, 1.807) is 0 Å². The van der Waals surface area contributed by atoms with Crippen molar-refractivity contribution in [1.29, 1.82) is 0 Å². The van der Waals surface area contributed by atoms with E-state index in [9.17, 15) is 4.79 Å². The van der Waals surface area contributed by atoms with Crippen molar-refractivity contribution in [2.45, 2.75) is 25.0 Å². The van der Waals surface area contributed by atoms with Crippen molar-refractivity contribution in [1.82, 2.24) is 4.90 Å². The topological polar surface area (TPSA) is 29.5 Å². The fourth-order valence-electron chi connectivity index (χ4n) is 2.04. The SMILES string of the molecule is O=C1OC(c2cccc(Br)c2)CN1C1CC1. The Morgan fingerprint density at radius 2 is 2.19 bits per heavy atom. The lowest BCUT2D eigenvalue weighted by atomic mass is 10.1. The first-order valence-electron chi connectivity index (χ1n) is 5.47. The molecule has 0 N–H and O–H groups in total. The smallest absolute Gasteiger partial charge is 0.410 e. The molecular weight excluding hydrogens is 270 g/mol. The number of carbonyl (C=O) groups is 1. The molecule has 1 aromatic rings. The van der Waals surface area contributed by atoms with Crippen molar-refractivity contribution in [3.8, 4) is 0 Å². The molecule has 16 heavy (non-hydrogen) atoms. The van der Waals surface area contributed by atoms with Crippen LogP contribution in [-0.4, -0.2) is 23.6 Å². The first-order valence-corrected chi connectivity index (χ1v) is 6.26. The van der Waals surface area contributed by atoms with Crippen molar-refractivity contribution >= 4 is 22.0 Å². The highest BCUT2D eigenvalue weighted by Gasteiger charge is 2.41. The highest BCUT2D eigenvalue weighted by molar-refractivity contribution is 9.10. The molecule has 1 amide bonds. The minimum absolute atomic E-state index is 0.106. The number of carbonyl (C=O) groups excluding carboxylic acids is 1. The van der Waals surface area contributed by atoms with Gasteiger partial charge in [0.15, 0.2) is 0 Å². The Kier molecular flexibility index (Phi) is 2.39. The van der Waals surface area contributed by atoms with Gasteiger partial charge in [-0.15, -0.1) is 0 Å². The van der Waals surface area contributed by atoms with Gasteiger partial charge in [-0.05, 0) is 30.5 Å². The molecule has 3 nitrogen and oxygen atoms in total. The summed E-state index contributed by atoms with van der Waals surface area (Å²) in [6.07, 6.45) is 1.98. The third-order valence-electron chi connectivity index (χ3n) is 3.05. The molecule has 2 fully saturated rings. The molecule has 0 spiro atoms. The summed E-state index contributed by atoms with van der Waals surface area (Å²) in [6.45, 7) is 0.694. The fourth-order valence-corrected chi connectivity index (χ4v) is 2.46. The Bertz CT molecular complexity index is 431. The number of cyclic esters (lactones) is 1. The van der Waals surface area contributed by atoms with E-state index in [1.807, 2.05) is 29.2 Å². The molecule has 1 atom stereocenters. The fraction of sp³-hybridized carbons (Fsp3) is 0.417. The second-order valence-corrected chi connectivity index (χ2v) is 5.23. The zero-order valence-corrected chi connectivity index (χ0v) is 10.3. The largest absolute Gasteiger partial charge is 0.439 e. The van der Waals surface area contributed by atoms with Crippen LogP contribution in [0.15, 0.2) is 28.7 Å². The molecule has 1 heterocycles. The monoisotopic (exact) mass is 281 g/mol. The third-order valence-corrected chi connectivity index (χ3v) is 3.54. The zero-order valence-electron chi connectivity index (χ0n) is 8.73. The maximum absolute atomic E-state index is 11.6. The van der Waals surface area contributed by atoms with Gasteiger partial charge in [-0.25, -0.2) is 4.79 Å². The lowest BCUT2D eigenvalue weighted by Crippen LogP contribution is -2.26. The second-order valence-electron chi connectivity index (χ2n) is 4.31. The number of nitrogens with zero attached hydrogens (tertiary/aromatic N) is 1. The molecule has 1 unspecified atom stereocenters. The van der Waals surface area contributed by atoms with Crippen molar-refractivity contribution in [3.05, 3.63) is 34.3 Å². The van der Waals surface area contributed by atoms with E-state index < -0.39 is 0 Å². The number of ether oxygens (including phenoxy) is 1. The van der Waals surface area contributed by atoms with Crippen molar-refractivity contribution in [2.75, 3.05) is 6.54 Å². The summed E-state index contributed by atoms with van der Waals surface area (Å²) in [5.74, 6) is 0. The molecule has 84 valence electrons. The van der Waals surface area contributed by atoms with Gasteiger partial charge in [-0.1, -0.05) is 28.1 Å². The van der Waals surface area contributed by atoms with Crippen molar-refractivity contribution < 1.29 is 9.53 Å². The van der Waals surface area contributed by atoms with Crippen LogP contribution >= 0.6 is 15.9 Å². The van der Waals surface area contributed by atoms with Crippen LogP contribution in [0.3, 0.4) is 0 Å². The van der Waals surface area contributed by atoms with E-state index in [-0.39, 0.29) is 12.2 Å². The summed E-state index contributed by atoms with van der Waals surface area (Å²) in [7, 11) is 0. The molecule has 1 aliphatic heterocycles. The number of halogens is 1. The molecule has 0 aromatic heterocycles. The number of hydrogen-bond donors (Lipinski definition) is 0. The Labute approximate surface area is 103 Å². The van der Waals surface area contributed by atoms with Crippen LogP contribution in [0.4, 0.5) is 4.79 Å². The summed E-state index contributed by atoms with van der Waals surface area (Å²) >= 11 is 3.43. The highest BCUT2D eigenvalue weighted by atomic mass is 79.9. The van der Waals surface area contributed by atoms with Gasteiger partial charge in [0.25, 0.3) is 0 Å². The molecule has 1 aromatic carbocycles. The summed E-state index contributed by atoms with van der Waals surface area (Å²) in [4.78, 5) is 13.5. The minimum Gasteiger partial charge on any atom is -0.439 e. The predicted octanol–water partition coefficient (Wildman–Crippen LogP) is 3.10. The number of benzene rings is 1. The third kappa shape index (κ3) is 1.82. The molecule has 4 heteroatoms. The molecule has 3 rings (SSSR count). The maximum Gasteiger partial charge on any atom is 0.410 e. The van der Waals surface area contributed by atoms with E-state index in [2.05, 4.69) is 15.9 Å². The highest BCUT2D eigenvalue weighted by Crippen LogP contribution is 2.35. The van der Waals surface area contributed by atoms with E-state index in [4.69, 9.17) is 4.74 Å². The number of hydrogen-bond acceptors (Lipinski definition) is 2. The number of amides is 1. The zero-order chi connectivity index (χ0) is 11.1. The predicted molar refractivity (Wildman–Crippen MR) is 63.1 cm³/mol. The molecule has 0 radical (unpaired) electrons. The quantitative estimate of drug-likeness (QED) is 0.834. The molecule has 2 aliphatic rings.